The van der Waals surface area contributed by atoms with Crippen LogP contribution in [-0.2, 0) is 13.6 Å². The number of carbonyl (C=O) groups is 1. The van der Waals surface area contributed by atoms with Gasteiger partial charge >= 0.3 is 0 Å². The molecule has 0 radical (unpaired) electrons. The second-order valence-electron chi connectivity index (χ2n) is 4.09. The summed E-state index contributed by atoms with van der Waals surface area (Å²) in [4.78, 5) is 12.1. The Balaban J connectivity index is 2.06. The molecule has 0 aliphatic heterocycles. The Morgan fingerprint density at radius 2 is 2.00 bits per heavy atom. The van der Waals surface area contributed by atoms with Gasteiger partial charge in [-0.05, 0) is 24.3 Å². The van der Waals surface area contributed by atoms with Crippen molar-refractivity contribution in [1.82, 2.24) is 9.88 Å². The average Bonchev–Trinajstić information content (AvgIpc) is 2.81. The fourth-order valence-electron chi connectivity index (χ4n) is 1.85. The van der Waals surface area contributed by atoms with Crippen molar-refractivity contribution in [3.05, 3.63) is 53.9 Å². The molecule has 0 aliphatic rings. The van der Waals surface area contributed by atoms with Gasteiger partial charge in [0, 0.05) is 31.7 Å². The highest BCUT2D eigenvalue weighted by molar-refractivity contribution is 5.99. The molecule has 0 fully saturated rings. The van der Waals surface area contributed by atoms with Crippen LogP contribution in [0.3, 0.4) is 0 Å². The molecule has 2 rings (SSSR count). The summed E-state index contributed by atoms with van der Waals surface area (Å²) >= 11 is 0. The van der Waals surface area contributed by atoms with E-state index in [-0.39, 0.29) is 5.91 Å². The largest absolute Gasteiger partial charge is 0.387 e. The molecule has 4 heteroatoms. The maximum Gasteiger partial charge on any atom is 0.253 e. The van der Waals surface area contributed by atoms with Crippen LogP contribution in [0.1, 0.15) is 16.1 Å². The van der Waals surface area contributed by atoms with Crippen molar-refractivity contribution in [2.75, 3.05) is 12.4 Å². The monoisotopic (exact) mass is 243 g/mol. The summed E-state index contributed by atoms with van der Waals surface area (Å²) < 4.78 is 1.99. The maximum absolute atomic E-state index is 12.1. The van der Waals surface area contributed by atoms with Gasteiger partial charge < -0.3 is 15.2 Å². The molecule has 0 saturated heterocycles. The van der Waals surface area contributed by atoms with E-state index < -0.39 is 0 Å². The molecule has 2 aromatic rings. The van der Waals surface area contributed by atoms with Crippen LogP contribution >= 0.6 is 0 Å². The van der Waals surface area contributed by atoms with Crippen LogP contribution < -0.4 is 10.6 Å². The number of aryl methyl sites for hydroxylation is 1. The molecular formula is C14H17N3O. The van der Waals surface area contributed by atoms with E-state index in [1.165, 1.54) is 0 Å². The van der Waals surface area contributed by atoms with Gasteiger partial charge in [-0.1, -0.05) is 12.1 Å². The number of benzene rings is 1. The van der Waals surface area contributed by atoms with Crippen molar-refractivity contribution in [3.8, 4) is 0 Å². The molecule has 4 nitrogen and oxygen atoms in total. The van der Waals surface area contributed by atoms with Crippen LogP contribution in [0.25, 0.3) is 0 Å². The third kappa shape index (κ3) is 2.53. The lowest BCUT2D eigenvalue weighted by molar-refractivity contribution is 0.0951. The zero-order valence-corrected chi connectivity index (χ0v) is 10.6. The van der Waals surface area contributed by atoms with Gasteiger partial charge in [-0.2, -0.15) is 0 Å². The summed E-state index contributed by atoms with van der Waals surface area (Å²) in [6.07, 6.45) is 1.96. The SMILES string of the molecule is CNc1ccccc1C(=O)NCc1cccn1C. The van der Waals surface area contributed by atoms with Crippen molar-refractivity contribution in [3.63, 3.8) is 0 Å². The Morgan fingerprint density at radius 1 is 1.22 bits per heavy atom. The molecule has 0 bridgehead atoms. The Bertz CT molecular complexity index is 545. The zero-order chi connectivity index (χ0) is 13.0. The molecule has 18 heavy (non-hydrogen) atoms. The number of aromatic nitrogens is 1. The highest BCUT2D eigenvalue weighted by Gasteiger charge is 2.09. The van der Waals surface area contributed by atoms with E-state index in [0.29, 0.717) is 12.1 Å². The normalized spacial score (nSPS) is 10.1. The van der Waals surface area contributed by atoms with E-state index in [1.54, 1.807) is 0 Å². The third-order valence-electron chi connectivity index (χ3n) is 2.92. The van der Waals surface area contributed by atoms with Crippen LogP contribution in [0, 0.1) is 0 Å². The standard InChI is InChI=1S/C14H17N3O/c1-15-13-8-4-3-7-12(13)14(18)16-10-11-6-5-9-17(11)2/h3-9,15H,10H2,1-2H3,(H,16,18). The topological polar surface area (TPSA) is 46.1 Å². The second kappa shape index (κ2) is 5.40. The molecule has 0 spiro atoms. The molecule has 0 atom stereocenters. The van der Waals surface area contributed by atoms with Gasteiger partial charge in [-0.3, -0.25) is 4.79 Å². The lowest BCUT2D eigenvalue weighted by atomic mass is 10.1. The van der Waals surface area contributed by atoms with Gasteiger partial charge in [0.15, 0.2) is 0 Å². The predicted molar refractivity (Wildman–Crippen MR) is 72.6 cm³/mol. The summed E-state index contributed by atoms with van der Waals surface area (Å²) in [7, 11) is 3.77. The van der Waals surface area contributed by atoms with Crippen LogP contribution in [0.15, 0.2) is 42.6 Å². The van der Waals surface area contributed by atoms with E-state index in [1.807, 2.05) is 61.3 Å². The van der Waals surface area contributed by atoms with E-state index in [9.17, 15) is 4.79 Å². The Hall–Kier alpha value is -2.23. The minimum Gasteiger partial charge on any atom is -0.387 e. The van der Waals surface area contributed by atoms with E-state index in [4.69, 9.17) is 0 Å². The molecule has 94 valence electrons. The molecular weight excluding hydrogens is 226 g/mol. The van der Waals surface area contributed by atoms with Crippen molar-refractivity contribution in [2.24, 2.45) is 7.05 Å². The highest BCUT2D eigenvalue weighted by atomic mass is 16.1. The summed E-state index contributed by atoms with van der Waals surface area (Å²) in [6.45, 7) is 0.528. The van der Waals surface area contributed by atoms with Crippen molar-refractivity contribution < 1.29 is 4.79 Å². The maximum atomic E-state index is 12.1. The van der Waals surface area contributed by atoms with Crippen LogP contribution in [0.2, 0.25) is 0 Å². The fourth-order valence-corrected chi connectivity index (χ4v) is 1.85. The van der Waals surface area contributed by atoms with E-state index >= 15 is 0 Å². The number of rotatable bonds is 4. The Kier molecular flexibility index (Phi) is 3.67. The first-order chi connectivity index (χ1) is 8.72. The molecule has 1 amide bonds. The summed E-state index contributed by atoms with van der Waals surface area (Å²) in [5.74, 6) is -0.0684. The van der Waals surface area contributed by atoms with E-state index in [2.05, 4.69) is 10.6 Å². The third-order valence-corrected chi connectivity index (χ3v) is 2.92. The smallest absolute Gasteiger partial charge is 0.253 e. The summed E-state index contributed by atoms with van der Waals surface area (Å²) in [6, 6.07) is 11.4. The van der Waals surface area contributed by atoms with Crippen LogP contribution in [0.5, 0.6) is 0 Å². The number of nitrogens with zero attached hydrogens (tertiary/aromatic N) is 1. The van der Waals surface area contributed by atoms with Crippen molar-refractivity contribution in [1.29, 1.82) is 0 Å². The predicted octanol–water partition coefficient (Wildman–Crippen LogP) is 2.00. The first-order valence-corrected chi connectivity index (χ1v) is 5.87. The van der Waals surface area contributed by atoms with E-state index in [0.717, 1.165) is 11.4 Å². The fraction of sp³-hybridized carbons (Fsp3) is 0.214. The zero-order valence-electron chi connectivity index (χ0n) is 10.6. The molecule has 1 aromatic heterocycles. The van der Waals surface area contributed by atoms with Crippen molar-refractivity contribution >= 4 is 11.6 Å². The van der Waals surface area contributed by atoms with Gasteiger partial charge in [0.2, 0.25) is 0 Å². The minimum absolute atomic E-state index is 0.0684. The number of nitrogens with one attached hydrogen (secondary N) is 2. The highest BCUT2D eigenvalue weighted by Crippen LogP contribution is 2.13. The minimum atomic E-state index is -0.0684. The molecule has 0 unspecified atom stereocenters. The number of hydrogen-bond donors (Lipinski definition) is 2. The molecule has 1 aromatic carbocycles. The van der Waals surface area contributed by atoms with Gasteiger partial charge in [-0.15, -0.1) is 0 Å². The number of hydrogen-bond acceptors (Lipinski definition) is 2. The molecule has 2 N–H and O–H groups in total. The molecule has 0 saturated carbocycles. The quantitative estimate of drug-likeness (QED) is 0.862. The summed E-state index contributed by atoms with van der Waals surface area (Å²) in [5, 5.41) is 5.93. The Labute approximate surface area is 107 Å². The Morgan fingerprint density at radius 3 is 2.67 bits per heavy atom. The van der Waals surface area contributed by atoms with Gasteiger partial charge in [0.1, 0.15) is 0 Å². The first kappa shape index (κ1) is 12.2. The molecule has 0 aliphatic carbocycles. The summed E-state index contributed by atoms with van der Waals surface area (Å²) in [5.41, 5.74) is 2.57. The van der Waals surface area contributed by atoms with Crippen molar-refractivity contribution in [2.45, 2.75) is 6.54 Å². The van der Waals surface area contributed by atoms with Gasteiger partial charge in [-0.25, -0.2) is 0 Å². The lowest BCUT2D eigenvalue weighted by Crippen LogP contribution is -2.24. The lowest BCUT2D eigenvalue weighted by Gasteiger charge is -2.10. The molecule has 1 heterocycles. The second-order valence-corrected chi connectivity index (χ2v) is 4.09. The van der Waals surface area contributed by atoms with Gasteiger partial charge in [0.05, 0.1) is 12.1 Å². The number of para-hydroxylation sites is 1. The number of carbonyl (C=O) groups excluding carboxylic acids is 1. The number of amides is 1. The van der Waals surface area contributed by atoms with Crippen LogP contribution in [-0.4, -0.2) is 17.5 Å². The average molecular weight is 243 g/mol. The van der Waals surface area contributed by atoms with Gasteiger partial charge in [0.25, 0.3) is 5.91 Å². The van der Waals surface area contributed by atoms with Crippen LogP contribution in [0.4, 0.5) is 5.69 Å². The number of anilines is 1. The first-order valence-electron chi connectivity index (χ1n) is 5.87.